The zero-order valence-electron chi connectivity index (χ0n) is 13.1. The van der Waals surface area contributed by atoms with Gasteiger partial charge in [-0.1, -0.05) is 40.9 Å². The van der Waals surface area contributed by atoms with E-state index in [1.165, 1.54) is 23.9 Å². The fourth-order valence-corrected chi connectivity index (χ4v) is 3.40. The van der Waals surface area contributed by atoms with Crippen LogP contribution in [-0.4, -0.2) is 16.8 Å². The average Bonchev–Trinajstić information content (AvgIpc) is 2.58. The summed E-state index contributed by atoms with van der Waals surface area (Å²) in [6.07, 6.45) is 0. The number of halogens is 4. The Kier molecular flexibility index (Phi) is 8.24. The third-order valence-electron chi connectivity index (χ3n) is 3.00. The lowest BCUT2D eigenvalue weighted by Gasteiger charge is -2.12. The third-order valence-corrected chi connectivity index (χ3v) is 5.28. The van der Waals surface area contributed by atoms with Crippen molar-refractivity contribution in [2.24, 2.45) is 0 Å². The lowest BCUT2D eigenvalue weighted by Crippen LogP contribution is -2.44. The van der Waals surface area contributed by atoms with Gasteiger partial charge in [0.05, 0.1) is 15.8 Å². The Morgan fingerprint density at radius 2 is 1.81 bits per heavy atom. The number of thiocarbonyl (C=S) groups is 1. The molecule has 0 heterocycles. The number of hydrogen-bond acceptors (Lipinski definition) is 3. The molecule has 2 aromatic carbocycles. The van der Waals surface area contributed by atoms with Crippen LogP contribution in [0.5, 0.6) is 0 Å². The molecule has 0 aliphatic rings. The Balaban J connectivity index is 1.70. The van der Waals surface area contributed by atoms with Crippen LogP contribution in [-0.2, 0) is 10.5 Å². The van der Waals surface area contributed by atoms with E-state index < -0.39 is 5.82 Å². The first kappa shape index (κ1) is 21.1. The number of hydrogen-bond donors (Lipinski definition) is 3. The number of benzene rings is 2. The van der Waals surface area contributed by atoms with Gasteiger partial charge in [-0.05, 0) is 48.1 Å². The molecule has 0 spiro atoms. The van der Waals surface area contributed by atoms with E-state index in [4.69, 9.17) is 47.0 Å². The van der Waals surface area contributed by atoms with E-state index in [-0.39, 0.29) is 16.8 Å². The van der Waals surface area contributed by atoms with Gasteiger partial charge in [0.2, 0.25) is 5.91 Å². The van der Waals surface area contributed by atoms with E-state index in [0.717, 1.165) is 5.56 Å². The van der Waals surface area contributed by atoms with Gasteiger partial charge in [0.25, 0.3) is 0 Å². The molecule has 26 heavy (non-hydrogen) atoms. The fraction of sp³-hybridized carbons (Fsp3) is 0.125. The zero-order valence-corrected chi connectivity index (χ0v) is 17.0. The average molecular weight is 453 g/mol. The first-order valence-corrected chi connectivity index (χ1v) is 9.87. The number of carbonyl (C=O) groups is 1. The highest BCUT2D eigenvalue weighted by atomic mass is 35.5. The van der Waals surface area contributed by atoms with E-state index in [9.17, 15) is 9.18 Å². The monoisotopic (exact) mass is 451 g/mol. The Bertz CT molecular complexity index is 823. The van der Waals surface area contributed by atoms with Crippen LogP contribution in [0.25, 0.3) is 0 Å². The largest absolute Gasteiger partial charge is 0.331 e. The molecule has 10 heteroatoms. The van der Waals surface area contributed by atoms with Crippen LogP contribution < -0.4 is 16.2 Å². The maximum absolute atomic E-state index is 13.0. The zero-order chi connectivity index (χ0) is 19.1. The van der Waals surface area contributed by atoms with E-state index in [0.29, 0.717) is 26.5 Å². The molecule has 0 unspecified atom stereocenters. The summed E-state index contributed by atoms with van der Waals surface area (Å²) < 4.78 is 13.0. The smallest absolute Gasteiger partial charge is 0.248 e. The predicted octanol–water partition coefficient (Wildman–Crippen LogP) is 5.04. The quantitative estimate of drug-likeness (QED) is 0.438. The predicted molar refractivity (Wildman–Crippen MR) is 112 cm³/mol. The van der Waals surface area contributed by atoms with Crippen molar-refractivity contribution in [1.29, 1.82) is 0 Å². The van der Waals surface area contributed by atoms with Crippen molar-refractivity contribution in [3.8, 4) is 0 Å². The Morgan fingerprint density at radius 3 is 2.50 bits per heavy atom. The lowest BCUT2D eigenvalue weighted by atomic mass is 10.2. The molecule has 2 rings (SSSR count). The minimum atomic E-state index is -0.395. The minimum absolute atomic E-state index is 0.177. The van der Waals surface area contributed by atoms with Crippen molar-refractivity contribution in [3.05, 3.63) is 62.8 Å². The van der Waals surface area contributed by atoms with Crippen LogP contribution in [0.4, 0.5) is 10.1 Å². The van der Waals surface area contributed by atoms with Gasteiger partial charge in [0, 0.05) is 16.5 Å². The lowest BCUT2D eigenvalue weighted by molar-refractivity contribution is -0.119. The molecule has 1 amide bonds. The topological polar surface area (TPSA) is 53.2 Å². The summed E-state index contributed by atoms with van der Waals surface area (Å²) in [5.74, 6) is -0.00517. The van der Waals surface area contributed by atoms with Crippen LogP contribution in [0.15, 0.2) is 36.4 Å². The summed E-state index contributed by atoms with van der Waals surface area (Å²) >= 11 is 24.1. The number of rotatable bonds is 5. The van der Waals surface area contributed by atoms with Gasteiger partial charge in [-0.2, -0.15) is 0 Å². The second-order valence-electron chi connectivity index (χ2n) is 4.98. The minimum Gasteiger partial charge on any atom is -0.331 e. The summed E-state index contributed by atoms with van der Waals surface area (Å²) in [5, 5.41) is 4.22. The molecule has 0 saturated heterocycles. The first-order valence-electron chi connectivity index (χ1n) is 7.17. The van der Waals surface area contributed by atoms with Crippen molar-refractivity contribution in [3.63, 3.8) is 0 Å². The maximum Gasteiger partial charge on any atom is 0.248 e. The van der Waals surface area contributed by atoms with E-state index in [2.05, 4.69) is 16.2 Å². The van der Waals surface area contributed by atoms with Gasteiger partial charge in [0.15, 0.2) is 5.11 Å². The molecule has 2 aromatic rings. The Morgan fingerprint density at radius 1 is 1.04 bits per heavy atom. The molecular formula is C16H13Cl3FN3OS2. The van der Waals surface area contributed by atoms with Gasteiger partial charge in [0.1, 0.15) is 5.82 Å². The standard InChI is InChI=1S/C16H13Cl3FN3OS2/c17-12-4-3-11(6-14(12)19)21-16(25)23-22-15(24)8-26-7-9-1-2-10(20)5-13(9)18/h1-6H,7-8H2,(H,22,24)(H2,21,23,25). The van der Waals surface area contributed by atoms with Crippen LogP contribution in [0, 0.1) is 5.82 Å². The maximum atomic E-state index is 13.0. The number of nitrogens with one attached hydrogen (secondary N) is 3. The SMILES string of the molecule is O=C(CSCc1ccc(F)cc1Cl)NNC(=S)Nc1ccc(Cl)c(Cl)c1. The molecule has 4 nitrogen and oxygen atoms in total. The number of anilines is 1. The van der Waals surface area contributed by atoms with Crippen molar-refractivity contribution in [2.45, 2.75) is 5.75 Å². The summed E-state index contributed by atoms with van der Waals surface area (Å²) in [6, 6.07) is 9.11. The fourth-order valence-electron chi connectivity index (χ4n) is 1.79. The van der Waals surface area contributed by atoms with Gasteiger partial charge < -0.3 is 5.32 Å². The summed E-state index contributed by atoms with van der Waals surface area (Å²) in [7, 11) is 0. The summed E-state index contributed by atoms with van der Waals surface area (Å²) in [5.41, 5.74) is 6.45. The highest BCUT2D eigenvalue weighted by Gasteiger charge is 2.06. The highest BCUT2D eigenvalue weighted by Crippen LogP contribution is 2.25. The van der Waals surface area contributed by atoms with Gasteiger partial charge in [-0.3, -0.25) is 15.6 Å². The summed E-state index contributed by atoms with van der Waals surface area (Å²) in [6.45, 7) is 0. The van der Waals surface area contributed by atoms with Gasteiger partial charge >= 0.3 is 0 Å². The molecule has 138 valence electrons. The van der Waals surface area contributed by atoms with Crippen molar-refractivity contribution >= 4 is 75.5 Å². The molecule has 0 radical (unpaired) electrons. The Hall–Kier alpha value is -1.25. The van der Waals surface area contributed by atoms with Crippen LogP contribution in [0.3, 0.4) is 0 Å². The van der Waals surface area contributed by atoms with Crippen molar-refractivity contribution < 1.29 is 9.18 Å². The molecule has 0 bridgehead atoms. The van der Waals surface area contributed by atoms with Crippen LogP contribution in [0.2, 0.25) is 15.1 Å². The van der Waals surface area contributed by atoms with E-state index in [1.807, 2.05) is 0 Å². The van der Waals surface area contributed by atoms with Crippen molar-refractivity contribution in [1.82, 2.24) is 10.9 Å². The molecule has 0 aliphatic carbocycles. The molecule has 0 aromatic heterocycles. The van der Waals surface area contributed by atoms with E-state index >= 15 is 0 Å². The van der Waals surface area contributed by atoms with E-state index in [1.54, 1.807) is 24.3 Å². The second kappa shape index (κ2) is 10.2. The first-order chi connectivity index (χ1) is 12.3. The van der Waals surface area contributed by atoms with Crippen LogP contribution in [0.1, 0.15) is 5.56 Å². The molecule has 0 saturated carbocycles. The second-order valence-corrected chi connectivity index (χ2v) is 7.60. The third kappa shape index (κ3) is 6.81. The number of hydrazine groups is 1. The number of thioether (sulfide) groups is 1. The van der Waals surface area contributed by atoms with Gasteiger partial charge in [-0.15, -0.1) is 11.8 Å². The molecule has 3 N–H and O–H groups in total. The number of amides is 1. The van der Waals surface area contributed by atoms with Crippen LogP contribution >= 0.6 is 58.8 Å². The molecular weight excluding hydrogens is 440 g/mol. The van der Waals surface area contributed by atoms with Crippen molar-refractivity contribution in [2.75, 3.05) is 11.1 Å². The summed E-state index contributed by atoms with van der Waals surface area (Å²) in [4.78, 5) is 11.8. The number of carbonyl (C=O) groups excluding carboxylic acids is 1. The molecule has 0 aliphatic heterocycles. The Labute approximate surface area is 174 Å². The molecule has 0 fully saturated rings. The van der Waals surface area contributed by atoms with Gasteiger partial charge in [-0.25, -0.2) is 4.39 Å². The molecule has 0 atom stereocenters. The normalized spacial score (nSPS) is 10.3. The highest BCUT2D eigenvalue weighted by molar-refractivity contribution is 7.99.